The second-order valence-corrected chi connectivity index (χ2v) is 7.39. The van der Waals surface area contributed by atoms with Crippen molar-refractivity contribution in [2.24, 2.45) is 10.2 Å². The van der Waals surface area contributed by atoms with Crippen LogP contribution in [-0.2, 0) is 4.74 Å². The first-order chi connectivity index (χ1) is 12.2. The van der Waals surface area contributed by atoms with Crippen molar-refractivity contribution in [2.75, 3.05) is 57.9 Å². The molecule has 6 nitrogen and oxygen atoms in total. The number of likely N-dealkylation sites (N-methyl/N-ethyl adjacent to an activating group) is 2. The van der Waals surface area contributed by atoms with Crippen LogP contribution in [0.25, 0.3) is 0 Å². The van der Waals surface area contributed by atoms with E-state index in [1.165, 1.54) is 17.0 Å². The standard InChI is InChI=1S/C18H26N5OS.BrH/c1-3-22(9-10-23(2)11-13-24-14-12-23)17-6-4-16(5-7-17)20-21-18-19-8-15-25-18;/h4-8,15H,3,9-14H2,1-2H3;1H/q+1;/p-1/b21-20+;. The van der Waals surface area contributed by atoms with Gasteiger partial charge in [0.2, 0.25) is 5.13 Å². The number of aromatic nitrogens is 1. The molecular weight excluding hydrogens is 414 g/mol. The first-order valence-electron chi connectivity index (χ1n) is 8.76. The third-order valence-electron chi connectivity index (χ3n) is 4.73. The zero-order chi connectivity index (χ0) is 17.5. The second-order valence-electron chi connectivity index (χ2n) is 6.51. The molecule has 0 bridgehead atoms. The van der Waals surface area contributed by atoms with Crippen LogP contribution >= 0.6 is 11.3 Å². The predicted octanol–water partition coefficient (Wildman–Crippen LogP) is 0.866. The van der Waals surface area contributed by atoms with Gasteiger partial charge >= 0.3 is 0 Å². The molecule has 3 rings (SSSR count). The van der Waals surface area contributed by atoms with Gasteiger partial charge in [-0.25, -0.2) is 4.98 Å². The summed E-state index contributed by atoms with van der Waals surface area (Å²) in [6.45, 7) is 9.35. The zero-order valence-electron chi connectivity index (χ0n) is 15.3. The first-order valence-corrected chi connectivity index (χ1v) is 9.64. The van der Waals surface area contributed by atoms with Crippen molar-refractivity contribution in [3.63, 3.8) is 0 Å². The molecule has 1 aromatic carbocycles. The molecular formula is C18H26BrN5OS. The number of nitrogens with zero attached hydrogens (tertiary/aromatic N) is 5. The van der Waals surface area contributed by atoms with Crippen molar-refractivity contribution in [1.82, 2.24) is 4.98 Å². The van der Waals surface area contributed by atoms with Crippen LogP contribution in [0.4, 0.5) is 16.5 Å². The van der Waals surface area contributed by atoms with Crippen molar-refractivity contribution in [3.05, 3.63) is 35.8 Å². The van der Waals surface area contributed by atoms with E-state index in [9.17, 15) is 0 Å². The number of hydrogen-bond donors (Lipinski definition) is 0. The molecule has 2 aromatic rings. The van der Waals surface area contributed by atoms with Crippen LogP contribution in [0.15, 0.2) is 46.1 Å². The average Bonchev–Trinajstić information content (AvgIpc) is 3.16. The number of halogens is 1. The van der Waals surface area contributed by atoms with Crippen molar-refractivity contribution in [3.8, 4) is 0 Å². The van der Waals surface area contributed by atoms with E-state index in [-0.39, 0.29) is 17.0 Å². The number of benzene rings is 1. The Kier molecular flexibility index (Phi) is 8.15. The van der Waals surface area contributed by atoms with Gasteiger partial charge in [0, 0.05) is 23.8 Å². The highest BCUT2D eigenvalue weighted by Crippen LogP contribution is 2.23. The molecule has 1 saturated heterocycles. The fraction of sp³-hybridized carbons (Fsp3) is 0.500. The van der Waals surface area contributed by atoms with E-state index in [1.807, 2.05) is 17.5 Å². The van der Waals surface area contributed by atoms with Crippen molar-refractivity contribution in [2.45, 2.75) is 6.92 Å². The molecule has 1 aliphatic heterocycles. The summed E-state index contributed by atoms with van der Waals surface area (Å²) in [6.07, 6.45) is 1.73. The van der Waals surface area contributed by atoms with Gasteiger partial charge in [-0.15, -0.1) is 21.6 Å². The van der Waals surface area contributed by atoms with Gasteiger partial charge in [0.25, 0.3) is 0 Å². The van der Waals surface area contributed by atoms with Crippen LogP contribution in [0.3, 0.4) is 0 Å². The maximum Gasteiger partial charge on any atom is 0.229 e. The summed E-state index contributed by atoms with van der Waals surface area (Å²) in [5.74, 6) is 0. The van der Waals surface area contributed by atoms with E-state index in [2.05, 4.69) is 46.2 Å². The number of anilines is 1. The SMILES string of the molecule is CCN(CC[N+]1(C)CCOCC1)c1ccc(/N=N/c2nccs2)cc1.[Br-]. The van der Waals surface area contributed by atoms with Gasteiger partial charge in [0.05, 0.1) is 39.0 Å². The summed E-state index contributed by atoms with van der Waals surface area (Å²) in [7, 11) is 2.33. The summed E-state index contributed by atoms with van der Waals surface area (Å²) in [4.78, 5) is 6.52. The minimum atomic E-state index is 0. The predicted molar refractivity (Wildman–Crippen MR) is 102 cm³/mol. The summed E-state index contributed by atoms with van der Waals surface area (Å²) >= 11 is 1.48. The minimum absolute atomic E-state index is 0. The first kappa shape index (κ1) is 21.0. The Morgan fingerprint density at radius 2 is 1.92 bits per heavy atom. The monoisotopic (exact) mass is 439 g/mol. The molecule has 0 spiro atoms. The maximum atomic E-state index is 5.49. The zero-order valence-corrected chi connectivity index (χ0v) is 17.7. The fourth-order valence-electron chi connectivity index (χ4n) is 2.94. The van der Waals surface area contributed by atoms with E-state index in [1.54, 1.807) is 6.20 Å². The molecule has 26 heavy (non-hydrogen) atoms. The summed E-state index contributed by atoms with van der Waals surface area (Å²) < 4.78 is 6.59. The van der Waals surface area contributed by atoms with E-state index >= 15 is 0 Å². The topological polar surface area (TPSA) is 50.1 Å². The van der Waals surface area contributed by atoms with Crippen LogP contribution in [0, 0.1) is 0 Å². The molecule has 2 heterocycles. The number of ether oxygens (including phenoxy) is 1. The second kappa shape index (κ2) is 10.1. The van der Waals surface area contributed by atoms with E-state index in [4.69, 9.17) is 4.74 Å². The Bertz CT molecular complexity index is 671. The van der Waals surface area contributed by atoms with Crippen molar-refractivity contribution < 1.29 is 26.2 Å². The van der Waals surface area contributed by atoms with Crippen LogP contribution in [0.1, 0.15) is 6.92 Å². The fourth-order valence-corrected chi connectivity index (χ4v) is 3.39. The lowest BCUT2D eigenvalue weighted by Crippen LogP contribution is -3.00. The molecule has 1 aliphatic rings. The van der Waals surface area contributed by atoms with Crippen LogP contribution in [-0.4, -0.2) is 62.5 Å². The van der Waals surface area contributed by atoms with Crippen LogP contribution < -0.4 is 21.9 Å². The number of morpholine rings is 1. The Balaban J connectivity index is 0.00000243. The van der Waals surface area contributed by atoms with Crippen LogP contribution in [0.5, 0.6) is 0 Å². The van der Waals surface area contributed by atoms with Crippen molar-refractivity contribution in [1.29, 1.82) is 0 Å². The molecule has 0 radical (unpaired) electrons. The molecule has 142 valence electrons. The summed E-state index contributed by atoms with van der Waals surface area (Å²) in [6, 6.07) is 8.28. The molecule has 0 amide bonds. The highest BCUT2D eigenvalue weighted by molar-refractivity contribution is 7.13. The van der Waals surface area contributed by atoms with Gasteiger partial charge in [0.1, 0.15) is 13.1 Å². The Morgan fingerprint density at radius 1 is 1.19 bits per heavy atom. The number of hydrogen-bond acceptors (Lipinski definition) is 6. The van der Waals surface area contributed by atoms with E-state index in [0.29, 0.717) is 5.13 Å². The van der Waals surface area contributed by atoms with Gasteiger partial charge < -0.3 is 31.1 Å². The van der Waals surface area contributed by atoms with E-state index in [0.717, 1.165) is 56.1 Å². The number of quaternary nitrogens is 1. The lowest BCUT2D eigenvalue weighted by Gasteiger charge is -2.39. The van der Waals surface area contributed by atoms with Gasteiger partial charge in [0.15, 0.2) is 0 Å². The normalized spacial score (nSPS) is 16.4. The van der Waals surface area contributed by atoms with Crippen molar-refractivity contribution >= 4 is 27.8 Å². The van der Waals surface area contributed by atoms with Gasteiger partial charge in [-0.1, -0.05) is 0 Å². The minimum Gasteiger partial charge on any atom is -1.00 e. The Labute approximate surface area is 169 Å². The molecule has 0 unspecified atom stereocenters. The molecule has 1 fully saturated rings. The number of rotatable bonds is 7. The smallest absolute Gasteiger partial charge is 0.229 e. The lowest BCUT2D eigenvalue weighted by atomic mass is 10.2. The quantitative estimate of drug-likeness (QED) is 0.474. The maximum absolute atomic E-state index is 5.49. The molecule has 0 saturated carbocycles. The lowest BCUT2D eigenvalue weighted by molar-refractivity contribution is -0.915. The average molecular weight is 440 g/mol. The Morgan fingerprint density at radius 3 is 2.54 bits per heavy atom. The summed E-state index contributed by atoms with van der Waals surface area (Å²) in [5.41, 5.74) is 2.08. The highest BCUT2D eigenvalue weighted by Gasteiger charge is 2.25. The third kappa shape index (κ3) is 5.84. The molecule has 0 aliphatic carbocycles. The Hall–Kier alpha value is -1.35. The largest absolute Gasteiger partial charge is 1.00 e. The third-order valence-corrected chi connectivity index (χ3v) is 5.38. The number of thiazole rings is 1. The molecule has 0 N–H and O–H groups in total. The van der Waals surface area contributed by atoms with Gasteiger partial charge in [-0.3, -0.25) is 0 Å². The van der Waals surface area contributed by atoms with Gasteiger partial charge in [-0.2, -0.15) is 0 Å². The van der Waals surface area contributed by atoms with Crippen LogP contribution in [0.2, 0.25) is 0 Å². The highest BCUT2D eigenvalue weighted by atomic mass is 79.9. The van der Waals surface area contributed by atoms with E-state index < -0.39 is 0 Å². The molecule has 0 atom stereocenters. The van der Waals surface area contributed by atoms with Gasteiger partial charge in [-0.05, 0) is 31.2 Å². The summed E-state index contributed by atoms with van der Waals surface area (Å²) in [5, 5.41) is 11.0. The number of azo groups is 1. The molecule has 8 heteroatoms. The molecule has 1 aromatic heterocycles.